The first-order chi connectivity index (χ1) is 9.88. The van der Waals surface area contributed by atoms with Gasteiger partial charge in [-0.25, -0.2) is 8.42 Å². The molecule has 2 aromatic rings. The van der Waals surface area contributed by atoms with Gasteiger partial charge < -0.3 is 4.90 Å². The van der Waals surface area contributed by atoms with Crippen molar-refractivity contribution in [3.63, 3.8) is 0 Å². The molecule has 0 aliphatic carbocycles. The Balaban J connectivity index is 2.05. The lowest BCUT2D eigenvalue weighted by atomic mass is 10.3. The van der Waals surface area contributed by atoms with Gasteiger partial charge in [0, 0.05) is 18.6 Å². The molecule has 0 saturated carbocycles. The van der Waals surface area contributed by atoms with Crippen LogP contribution in [-0.4, -0.2) is 32.0 Å². The molecule has 4 nitrogen and oxygen atoms in total. The van der Waals surface area contributed by atoms with Crippen LogP contribution < -0.4 is 0 Å². The molecule has 7 heteroatoms. The summed E-state index contributed by atoms with van der Waals surface area (Å²) in [4.78, 5) is 13.6. The number of halogens is 1. The van der Waals surface area contributed by atoms with Crippen molar-refractivity contribution >= 4 is 38.7 Å². The highest BCUT2D eigenvalue weighted by atomic mass is 35.5. The van der Waals surface area contributed by atoms with E-state index in [0.717, 1.165) is 5.56 Å². The van der Waals surface area contributed by atoms with Crippen LogP contribution in [0.15, 0.2) is 46.0 Å². The Labute approximate surface area is 132 Å². The topological polar surface area (TPSA) is 54.5 Å². The smallest absolute Gasteiger partial charge is 0.238 e. The zero-order chi connectivity index (χ0) is 15.5. The number of amides is 1. The Bertz CT molecular complexity index is 709. The third kappa shape index (κ3) is 4.30. The molecule has 0 bridgehead atoms. The van der Waals surface area contributed by atoms with E-state index in [4.69, 9.17) is 11.6 Å². The van der Waals surface area contributed by atoms with Gasteiger partial charge in [0.2, 0.25) is 5.91 Å². The van der Waals surface area contributed by atoms with E-state index in [-0.39, 0.29) is 4.90 Å². The summed E-state index contributed by atoms with van der Waals surface area (Å²) in [7, 11) is -2.05. The average molecular weight is 344 g/mol. The molecule has 0 aliphatic rings. The van der Waals surface area contributed by atoms with E-state index in [2.05, 4.69) is 0 Å². The Morgan fingerprint density at radius 2 is 1.90 bits per heavy atom. The van der Waals surface area contributed by atoms with E-state index >= 15 is 0 Å². The largest absolute Gasteiger partial charge is 0.341 e. The van der Waals surface area contributed by atoms with E-state index in [1.165, 1.54) is 40.5 Å². The molecule has 1 heterocycles. The van der Waals surface area contributed by atoms with Crippen molar-refractivity contribution in [2.24, 2.45) is 0 Å². The number of carbonyl (C=O) groups is 1. The first-order valence-electron chi connectivity index (χ1n) is 6.12. The molecule has 0 N–H and O–H groups in total. The second kappa shape index (κ2) is 6.60. The van der Waals surface area contributed by atoms with Crippen molar-refractivity contribution in [2.45, 2.75) is 11.4 Å². The number of hydrogen-bond acceptors (Lipinski definition) is 4. The fourth-order valence-electron chi connectivity index (χ4n) is 1.74. The van der Waals surface area contributed by atoms with Gasteiger partial charge in [-0.05, 0) is 46.7 Å². The molecule has 1 aromatic heterocycles. The van der Waals surface area contributed by atoms with Gasteiger partial charge in [0.15, 0.2) is 9.84 Å². The lowest BCUT2D eigenvalue weighted by Gasteiger charge is -2.16. The van der Waals surface area contributed by atoms with Crippen LogP contribution in [0.2, 0.25) is 5.02 Å². The van der Waals surface area contributed by atoms with Gasteiger partial charge in [0.25, 0.3) is 0 Å². The first-order valence-corrected chi connectivity index (χ1v) is 9.09. The lowest BCUT2D eigenvalue weighted by Crippen LogP contribution is -2.32. The van der Waals surface area contributed by atoms with Gasteiger partial charge in [0.05, 0.1) is 4.90 Å². The van der Waals surface area contributed by atoms with Crippen molar-refractivity contribution in [1.82, 2.24) is 4.90 Å². The molecule has 21 heavy (non-hydrogen) atoms. The molecule has 1 aromatic carbocycles. The molecular weight excluding hydrogens is 330 g/mol. The third-order valence-corrected chi connectivity index (χ3v) is 5.51. The summed E-state index contributed by atoms with van der Waals surface area (Å²) in [5, 5.41) is 4.30. The number of hydrogen-bond donors (Lipinski definition) is 0. The molecule has 0 unspecified atom stereocenters. The molecule has 1 amide bonds. The number of rotatable bonds is 5. The van der Waals surface area contributed by atoms with E-state index in [1.807, 2.05) is 16.8 Å². The Morgan fingerprint density at radius 1 is 1.24 bits per heavy atom. The van der Waals surface area contributed by atoms with Crippen LogP contribution in [0.3, 0.4) is 0 Å². The maximum atomic E-state index is 12.2. The molecular formula is C14H14ClNO3S2. The Hall–Kier alpha value is -1.37. The quantitative estimate of drug-likeness (QED) is 0.838. The summed E-state index contributed by atoms with van der Waals surface area (Å²) < 4.78 is 24.3. The van der Waals surface area contributed by atoms with Crippen LogP contribution in [0.1, 0.15) is 5.56 Å². The van der Waals surface area contributed by atoms with Gasteiger partial charge in [-0.2, -0.15) is 11.3 Å². The molecule has 0 saturated heterocycles. The van der Waals surface area contributed by atoms with Crippen LogP contribution in [0.5, 0.6) is 0 Å². The highest BCUT2D eigenvalue weighted by Gasteiger charge is 2.21. The van der Waals surface area contributed by atoms with Crippen molar-refractivity contribution in [1.29, 1.82) is 0 Å². The summed E-state index contributed by atoms with van der Waals surface area (Å²) in [6.45, 7) is 0.401. The molecule has 0 aliphatic heterocycles. The lowest BCUT2D eigenvalue weighted by molar-refractivity contribution is -0.127. The minimum absolute atomic E-state index is 0.101. The van der Waals surface area contributed by atoms with Gasteiger partial charge >= 0.3 is 0 Å². The van der Waals surface area contributed by atoms with E-state index in [1.54, 1.807) is 7.05 Å². The molecule has 0 spiro atoms. The van der Waals surface area contributed by atoms with Crippen molar-refractivity contribution < 1.29 is 13.2 Å². The van der Waals surface area contributed by atoms with Crippen molar-refractivity contribution in [3.8, 4) is 0 Å². The Morgan fingerprint density at radius 3 is 2.48 bits per heavy atom. The number of nitrogens with zero attached hydrogens (tertiary/aromatic N) is 1. The predicted octanol–water partition coefficient (Wildman–Crippen LogP) is 2.83. The molecule has 0 fully saturated rings. The number of thiophene rings is 1. The van der Waals surface area contributed by atoms with Gasteiger partial charge in [0.1, 0.15) is 5.75 Å². The summed E-state index contributed by atoms with van der Waals surface area (Å²) >= 11 is 7.26. The van der Waals surface area contributed by atoms with Crippen LogP contribution in [0, 0.1) is 0 Å². The number of sulfone groups is 1. The van der Waals surface area contributed by atoms with E-state index in [9.17, 15) is 13.2 Å². The molecule has 0 radical (unpaired) electrons. The zero-order valence-electron chi connectivity index (χ0n) is 11.3. The number of benzene rings is 1. The van der Waals surface area contributed by atoms with Crippen molar-refractivity contribution in [3.05, 3.63) is 51.7 Å². The van der Waals surface area contributed by atoms with Gasteiger partial charge in [-0.1, -0.05) is 11.6 Å². The van der Waals surface area contributed by atoms with Gasteiger partial charge in [-0.15, -0.1) is 0 Å². The third-order valence-electron chi connectivity index (χ3n) is 2.91. The summed E-state index contributed by atoms with van der Waals surface area (Å²) in [5.41, 5.74) is 0.986. The summed E-state index contributed by atoms with van der Waals surface area (Å²) in [5.74, 6) is -0.980. The summed E-state index contributed by atoms with van der Waals surface area (Å²) in [6, 6.07) is 7.71. The van der Waals surface area contributed by atoms with Crippen LogP contribution in [-0.2, 0) is 21.2 Å². The van der Waals surface area contributed by atoms with E-state index < -0.39 is 21.5 Å². The molecule has 112 valence electrons. The molecule has 2 rings (SSSR count). The second-order valence-electron chi connectivity index (χ2n) is 4.59. The van der Waals surface area contributed by atoms with E-state index in [0.29, 0.717) is 11.6 Å². The predicted molar refractivity (Wildman–Crippen MR) is 84.3 cm³/mol. The highest BCUT2D eigenvalue weighted by Crippen LogP contribution is 2.16. The maximum Gasteiger partial charge on any atom is 0.238 e. The second-order valence-corrected chi connectivity index (χ2v) is 7.80. The van der Waals surface area contributed by atoms with Crippen LogP contribution in [0.4, 0.5) is 0 Å². The zero-order valence-corrected chi connectivity index (χ0v) is 13.7. The highest BCUT2D eigenvalue weighted by molar-refractivity contribution is 7.92. The standard InChI is InChI=1S/C14H14ClNO3S2/c1-16(8-11-6-7-20-9-11)14(17)10-21(18,19)13-4-2-12(15)3-5-13/h2-7,9H,8,10H2,1H3. The minimum Gasteiger partial charge on any atom is -0.341 e. The Kier molecular flexibility index (Phi) is 5.03. The van der Waals surface area contributed by atoms with Gasteiger partial charge in [-0.3, -0.25) is 4.79 Å². The fraction of sp³-hybridized carbons (Fsp3) is 0.214. The SMILES string of the molecule is CN(Cc1ccsc1)C(=O)CS(=O)(=O)c1ccc(Cl)cc1. The first kappa shape index (κ1) is 16.0. The van der Waals surface area contributed by atoms with Crippen molar-refractivity contribution in [2.75, 3.05) is 12.8 Å². The maximum absolute atomic E-state index is 12.2. The minimum atomic E-state index is -3.65. The number of carbonyl (C=O) groups excluding carboxylic acids is 1. The van der Waals surface area contributed by atoms with Crippen LogP contribution in [0.25, 0.3) is 0 Å². The summed E-state index contributed by atoms with van der Waals surface area (Å²) in [6.07, 6.45) is 0. The van der Waals surface area contributed by atoms with Crippen LogP contribution >= 0.6 is 22.9 Å². The monoisotopic (exact) mass is 343 g/mol. The normalized spacial score (nSPS) is 11.3. The molecule has 0 atom stereocenters. The average Bonchev–Trinajstić information content (AvgIpc) is 2.91. The fourth-order valence-corrected chi connectivity index (χ4v) is 3.79.